The average molecular weight is 430 g/mol. The molecule has 2 aliphatic carbocycles. The first-order valence-corrected chi connectivity index (χ1v) is 12.0. The number of amides is 1. The van der Waals surface area contributed by atoms with Gasteiger partial charge in [0.1, 0.15) is 6.61 Å². The first-order valence-electron chi connectivity index (χ1n) is 12.0. The van der Waals surface area contributed by atoms with Gasteiger partial charge >= 0.3 is 0 Å². The van der Waals surface area contributed by atoms with Crippen molar-refractivity contribution in [2.75, 3.05) is 26.3 Å². The summed E-state index contributed by atoms with van der Waals surface area (Å²) >= 11 is 0. The van der Waals surface area contributed by atoms with Gasteiger partial charge in [0.25, 0.3) is 0 Å². The van der Waals surface area contributed by atoms with Crippen molar-refractivity contribution in [3.63, 3.8) is 0 Å². The molecule has 5 heteroatoms. The summed E-state index contributed by atoms with van der Waals surface area (Å²) in [6.45, 7) is 6.18. The molecule has 0 aromatic rings. The zero-order valence-electron chi connectivity index (χ0n) is 19.1. The Labute approximate surface area is 187 Å². The zero-order valence-corrected chi connectivity index (χ0v) is 19.1. The van der Waals surface area contributed by atoms with Crippen molar-refractivity contribution in [2.45, 2.75) is 71.0 Å². The standard InChI is InChI=1S/C26H39NO4/c1-3-4-8-19(2)24(28)10-9-22-23-16-20(15-21(23)17-25(22)29)11-14-31-18-26(30)27-12-6-5-7-13-27/h9-11,19,21-25,28-29H,5-8,12-18H2,1-2H3/b10-9+,20-11?/t19-,21+,22-,23+,24+,25-/m1/s1. The van der Waals surface area contributed by atoms with Crippen LogP contribution in [-0.2, 0) is 9.53 Å². The van der Waals surface area contributed by atoms with Gasteiger partial charge in [0.15, 0.2) is 0 Å². The normalized spacial score (nSPS) is 31.5. The van der Waals surface area contributed by atoms with Crippen molar-refractivity contribution >= 4 is 5.91 Å². The summed E-state index contributed by atoms with van der Waals surface area (Å²) in [6.07, 6.45) is 12.0. The first-order chi connectivity index (χ1) is 15.0. The van der Waals surface area contributed by atoms with Gasteiger partial charge in [-0.25, -0.2) is 0 Å². The number of allylic oxidation sites excluding steroid dienone is 1. The summed E-state index contributed by atoms with van der Waals surface area (Å²) in [6, 6.07) is 0. The molecule has 172 valence electrons. The third-order valence-corrected chi connectivity index (χ3v) is 7.25. The quantitative estimate of drug-likeness (QED) is 0.353. The molecule has 1 saturated heterocycles. The number of aliphatic hydroxyl groups excluding tert-OH is 2. The Morgan fingerprint density at radius 1 is 1.29 bits per heavy atom. The van der Waals surface area contributed by atoms with E-state index in [4.69, 9.17) is 4.74 Å². The van der Waals surface area contributed by atoms with Gasteiger partial charge in [0, 0.05) is 25.4 Å². The van der Waals surface area contributed by atoms with Crippen LogP contribution >= 0.6 is 0 Å². The van der Waals surface area contributed by atoms with Crippen molar-refractivity contribution in [3.05, 3.63) is 23.8 Å². The molecule has 6 atom stereocenters. The molecule has 2 N–H and O–H groups in total. The predicted octanol–water partition coefficient (Wildman–Crippen LogP) is 3.32. The Kier molecular flexibility index (Phi) is 9.19. The van der Waals surface area contributed by atoms with Crippen LogP contribution in [0.1, 0.15) is 58.8 Å². The Balaban J connectivity index is 1.45. The number of nitrogens with zero attached hydrogens (tertiary/aromatic N) is 1. The van der Waals surface area contributed by atoms with E-state index in [-0.39, 0.29) is 30.5 Å². The highest BCUT2D eigenvalue weighted by atomic mass is 16.5. The molecule has 0 spiro atoms. The molecule has 5 nitrogen and oxygen atoms in total. The summed E-state index contributed by atoms with van der Waals surface area (Å²) in [5, 5.41) is 20.9. The number of carbonyl (C=O) groups is 1. The molecule has 0 aromatic heterocycles. The predicted molar refractivity (Wildman–Crippen MR) is 122 cm³/mol. The Bertz CT molecular complexity index is 713. The first kappa shape index (κ1) is 24.0. The number of hydrogen-bond acceptors (Lipinski definition) is 4. The van der Waals surface area contributed by atoms with Gasteiger partial charge in [0.05, 0.1) is 18.8 Å². The highest BCUT2D eigenvalue weighted by molar-refractivity contribution is 5.77. The van der Waals surface area contributed by atoms with Gasteiger partial charge in [-0.1, -0.05) is 30.7 Å². The van der Waals surface area contributed by atoms with Crippen LogP contribution in [0.15, 0.2) is 23.8 Å². The molecule has 1 aliphatic heterocycles. The molecule has 1 heterocycles. The SMILES string of the molecule is CC#CC[C@@H](C)[C@@H](O)/C=C/[C@@H]1[C@H]2CC(=CCOCC(=O)N3CCCCC3)C[C@H]2C[C@H]1O. The fourth-order valence-corrected chi connectivity index (χ4v) is 5.31. The van der Waals surface area contributed by atoms with Crippen LogP contribution in [0.25, 0.3) is 0 Å². The number of fused-ring (bicyclic) bond motifs is 1. The van der Waals surface area contributed by atoms with Crippen LogP contribution < -0.4 is 0 Å². The number of likely N-dealkylation sites (tertiary alicyclic amines) is 1. The van der Waals surface area contributed by atoms with E-state index in [2.05, 4.69) is 17.9 Å². The Morgan fingerprint density at radius 3 is 2.81 bits per heavy atom. The van der Waals surface area contributed by atoms with Gasteiger partial charge in [-0.05, 0) is 63.2 Å². The molecule has 2 saturated carbocycles. The molecular formula is C26H39NO4. The number of hydrogen-bond donors (Lipinski definition) is 2. The van der Waals surface area contributed by atoms with Crippen LogP contribution in [0.5, 0.6) is 0 Å². The van der Waals surface area contributed by atoms with E-state index in [1.807, 2.05) is 30.9 Å². The van der Waals surface area contributed by atoms with E-state index in [1.165, 1.54) is 12.0 Å². The Morgan fingerprint density at radius 2 is 2.06 bits per heavy atom. The molecule has 3 aliphatic rings. The molecule has 3 rings (SSSR count). The van der Waals surface area contributed by atoms with Crippen LogP contribution in [0.3, 0.4) is 0 Å². The van der Waals surface area contributed by atoms with Gasteiger partial charge < -0.3 is 19.8 Å². The molecule has 1 amide bonds. The lowest BCUT2D eigenvalue weighted by Crippen LogP contribution is -2.38. The summed E-state index contributed by atoms with van der Waals surface area (Å²) in [4.78, 5) is 14.1. The summed E-state index contributed by atoms with van der Waals surface area (Å²) < 4.78 is 5.64. The van der Waals surface area contributed by atoms with Gasteiger partial charge in [-0.2, -0.15) is 0 Å². The number of piperidine rings is 1. The second kappa shape index (κ2) is 11.9. The molecule has 0 aromatic carbocycles. The molecule has 0 bridgehead atoms. The molecule has 0 unspecified atom stereocenters. The third kappa shape index (κ3) is 6.68. The van der Waals surface area contributed by atoms with Crippen molar-refractivity contribution in [3.8, 4) is 11.8 Å². The highest BCUT2D eigenvalue weighted by Gasteiger charge is 2.45. The second-order valence-electron chi connectivity index (χ2n) is 9.52. The third-order valence-electron chi connectivity index (χ3n) is 7.25. The highest BCUT2D eigenvalue weighted by Crippen LogP contribution is 2.50. The van der Waals surface area contributed by atoms with Gasteiger partial charge in [0.2, 0.25) is 5.91 Å². The number of rotatable bonds is 8. The fraction of sp³-hybridized carbons (Fsp3) is 0.731. The molecule has 31 heavy (non-hydrogen) atoms. The lowest BCUT2D eigenvalue weighted by molar-refractivity contribution is -0.136. The largest absolute Gasteiger partial charge is 0.392 e. The summed E-state index contributed by atoms with van der Waals surface area (Å²) in [5.74, 6) is 7.09. The number of carbonyl (C=O) groups excluding carboxylic acids is 1. The zero-order chi connectivity index (χ0) is 22.2. The minimum absolute atomic E-state index is 0.0851. The average Bonchev–Trinajstić information content (AvgIpc) is 3.30. The van der Waals surface area contributed by atoms with Crippen molar-refractivity contribution in [1.29, 1.82) is 0 Å². The monoisotopic (exact) mass is 429 g/mol. The van der Waals surface area contributed by atoms with Crippen LogP contribution in [-0.4, -0.2) is 59.5 Å². The van der Waals surface area contributed by atoms with E-state index >= 15 is 0 Å². The maximum Gasteiger partial charge on any atom is 0.248 e. The number of aliphatic hydroxyl groups is 2. The van der Waals surface area contributed by atoms with Gasteiger partial charge in [-0.15, -0.1) is 11.8 Å². The maximum atomic E-state index is 12.2. The molecule has 0 radical (unpaired) electrons. The van der Waals surface area contributed by atoms with Crippen LogP contribution in [0.4, 0.5) is 0 Å². The van der Waals surface area contributed by atoms with Gasteiger partial charge in [-0.3, -0.25) is 4.79 Å². The lowest BCUT2D eigenvalue weighted by Gasteiger charge is -2.26. The van der Waals surface area contributed by atoms with Crippen molar-refractivity contribution in [1.82, 2.24) is 4.90 Å². The lowest BCUT2D eigenvalue weighted by atomic mass is 9.89. The van der Waals surface area contributed by atoms with Crippen LogP contribution in [0, 0.1) is 35.5 Å². The smallest absolute Gasteiger partial charge is 0.248 e. The van der Waals surface area contributed by atoms with E-state index in [9.17, 15) is 15.0 Å². The van der Waals surface area contributed by atoms with E-state index in [1.54, 1.807) is 0 Å². The van der Waals surface area contributed by atoms with E-state index in [0.29, 0.717) is 24.9 Å². The molecule has 3 fully saturated rings. The summed E-state index contributed by atoms with van der Waals surface area (Å²) in [7, 11) is 0. The minimum atomic E-state index is -0.533. The topological polar surface area (TPSA) is 70.0 Å². The van der Waals surface area contributed by atoms with E-state index in [0.717, 1.165) is 45.2 Å². The fourth-order valence-electron chi connectivity index (χ4n) is 5.31. The van der Waals surface area contributed by atoms with Crippen molar-refractivity contribution in [2.24, 2.45) is 23.7 Å². The number of ether oxygens (including phenoxy) is 1. The summed E-state index contributed by atoms with van der Waals surface area (Å²) in [5.41, 5.74) is 1.37. The minimum Gasteiger partial charge on any atom is -0.392 e. The van der Waals surface area contributed by atoms with Crippen LogP contribution in [0.2, 0.25) is 0 Å². The maximum absolute atomic E-state index is 12.2. The van der Waals surface area contributed by atoms with E-state index < -0.39 is 6.10 Å². The van der Waals surface area contributed by atoms with Crippen molar-refractivity contribution < 1.29 is 19.7 Å². The molecular weight excluding hydrogens is 390 g/mol. The Hall–Kier alpha value is -1.61. The second-order valence-corrected chi connectivity index (χ2v) is 9.52.